The molecule has 0 spiro atoms. The minimum Gasteiger partial charge on any atom is -0.417 e. The van der Waals surface area contributed by atoms with E-state index in [4.69, 9.17) is 8.85 Å². The standard InChI is InChI=1S/C18H42O2SSi2/c1-9-13-15-17(22(5,6)19-11-3)21-18(16-14-10-2)23(7,8)20-12-4/h17-18H,9-16H2,1-8H3. The number of thioether (sulfide) groups is 1. The molecule has 0 aromatic heterocycles. The number of rotatable bonds is 14. The van der Waals surface area contributed by atoms with E-state index in [0.717, 1.165) is 13.2 Å². The van der Waals surface area contributed by atoms with Gasteiger partial charge in [-0.25, -0.2) is 0 Å². The molecule has 0 aromatic rings. The van der Waals surface area contributed by atoms with E-state index in [1.54, 1.807) is 0 Å². The first-order valence-electron chi connectivity index (χ1n) is 9.68. The zero-order chi connectivity index (χ0) is 17.9. The Morgan fingerprint density at radius 2 is 1.04 bits per heavy atom. The van der Waals surface area contributed by atoms with E-state index < -0.39 is 16.6 Å². The molecule has 2 atom stereocenters. The van der Waals surface area contributed by atoms with E-state index in [1.807, 2.05) is 0 Å². The van der Waals surface area contributed by atoms with Gasteiger partial charge in [0.25, 0.3) is 0 Å². The Hall–Kier alpha value is 0.704. The molecule has 0 amide bonds. The lowest BCUT2D eigenvalue weighted by Gasteiger charge is -2.38. The van der Waals surface area contributed by atoms with E-state index in [9.17, 15) is 0 Å². The van der Waals surface area contributed by atoms with E-state index >= 15 is 0 Å². The second kappa shape index (κ2) is 12.1. The van der Waals surface area contributed by atoms with Crippen LogP contribution in [0.4, 0.5) is 0 Å². The molecule has 0 aliphatic heterocycles. The van der Waals surface area contributed by atoms with Crippen molar-refractivity contribution in [2.45, 2.75) is 102 Å². The summed E-state index contributed by atoms with van der Waals surface area (Å²) in [6.45, 7) is 20.2. The van der Waals surface area contributed by atoms with Crippen LogP contribution in [0, 0.1) is 0 Å². The Bertz CT molecular complexity index is 271. The molecule has 0 fully saturated rings. The third kappa shape index (κ3) is 9.10. The summed E-state index contributed by atoms with van der Waals surface area (Å²) in [5, 5.41) is 0. The molecule has 0 aliphatic rings. The summed E-state index contributed by atoms with van der Waals surface area (Å²) in [5.74, 6) is 0. The number of unbranched alkanes of at least 4 members (excludes halogenated alkanes) is 2. The van der Waals surface area contributed by atoms with Crippen molar-refractivity contribution in [2.75, 3.05) is 13.2 Å². The first kappa shape index (κ1) is 23.7. The maximum absolute atomic E-state index is 6.26. The van der Waals surface area contributed by atoms with Crippen LogP contribution in [0.1, 0.15) is 66.2 Å². The van der Waals surface area contributed by atoms with Crippen LogP contribution in [0.2, 0.25) is 26.2 Å². The molecule has 0 aliphatic carbocycles. The van der Waals surface area contributed by atoms with Crippen LogP contribution in [0.15, 0.2) is 0 Å². The number of hydrogen-bond acceptors (Lipinski definition) is 3. The molecule has 0 saturated carbocycles. The first-order valence-corrected chi connectivity index (χ1v) is 16.6. The lowest BCUT2D eigenvalue weighted by atomic mass is 10.3. The van der Waals surface area contributed by atoms with Crippen molar-refractivity contribution in [3.63, 3.8) is 0 Å². The predicted octanol–water partition coefficient (Wildman–Crippen LogP) is 6.40. The van der Waals surface area contributed by atoms with Crippen LogP contribution in [-0.2, 0) is 8.85 Å². The fourth-order valence-electron chi connectivity index (χ4n) is 3.07. The Morgan fingerprint density at radius 1 is 0.696 bits per heavy atom. The van der Waals surface area contributed by atoms with Gasteiger partial charge in [-0.15, -0.1) is 0 Å². The average Bonchev–Trinajstić information content (AvgIpc) is 2.45. The van der Waals surface area contributed by atoms with Crippen LogP contribution in [0.5, 0.6) is 0 Å². The minimum absolute atomic E-state index is 0.691. The molecular formula is C18H42O2SSi2. The summed E-state index contributed by atoms with van der Waals surface area (Å²) in [6, 6.07) is 0. The highest BCUT2D eigenvalue weighted by molar-refractivity contribution is 8.03. The van der Waals surface area contributed by atoms with E-state index in [0.29, 0.717) is 9.75 Å². The van der Waals surface area contributed by atoms with Gasteiger partial charge in [0, 0.05) is 23.0 Å². The second-order valence-corrected chi connectivity index (χ2v) is 18.1. The molecule has 0 aromatic carbocycles. The molecule has 23 heavy (non-hydrogen) atoms. The molecule has 2 unspecified atom stereocenters. The third-order valence-electron chi connectivity index (χ3n) is 4.55. The zero-order valence-electron chi connectivity index (χ0n) is 17.0. The maximum atomic E-state index is 6.26. The molecule has 0 bridgehead atoms. The Labute approximate surface area is 152 Å². The first-order chi connectivity index (χ1) is 10.7. The van der Waals surface area contributed by atoms with Gasteiger partial charge in [-0.3, -0.25) is 0 Å². The maximum Gasteiger partial charge on any atom is 0.199 e. The monoisotopic (exact) mass is 378 g/mol. The summed E-state index contributed by atoms with van der Waals surface area (Å²) in [5.41, 5.74) is 0. The van der Waals surface area contributed by atoms with Crippen molar-refractivity contribution in [2.24, 2.45) is 0 Å². The summed E-state index contributed by atoms with van der Waals surface area (Å²) >= 11 is 2.24. The molecule has 0 saturated heterocycles. The van der Waals surface area contributed by atoms with Gasteiger partial charge < -0.3 is 8.85 Å². The third-order valence-corrected chi connectivity index (χ3v) is 15.6. The van der Waals surface area contributed by atoms with Gasteiger partial charge in [-0.05, 0) is 52.9 Å². The van der Waals surface area contributed by atoms with Gasteiger partial charge in [0.05, 0.1) is 0 Å². The minimum atomic E-state index is -1.64. The molecule has 0 N–H and O–H groups in total. The Kier molecular flexibility index (Phi) is 12.5. The van der Waals surface area contributed by atoms with E-state index in [2.05, 4.69) is 65.6 Å². The van der Waals surface area contributed by atoms with E-state index in [1.165, 1.54) is 38.5 Å². The van der Waals surface area contributed by atoms with Crippen molar-refractivity contribution < 1.29 is 8.85 Å². The molecule has 0 heterocycles. The van der Waals surface area contributed by atoms with Gasteiger partial charge >= 0.3 is 0 Å². The van der Waals surface area contributed by atoms with Crippen LogP contribution < -0.4 is 0 Å². The Morgan fingerprint density at radius 3 is 1.30 bits per heavy atom. The fraction of sp³-hybridized carbons (Fsp3) is 1.00. The van der Waals surface area contributed by atoms with Crippen molar-refractivity contribution in [1.82, 2.24) is 0 Å². The largest absolute Gasteiger partial charge is 0.417 e. The highest BCUT2D eigenvalue weighted by atomic mass is 32.2. The van der Waals surface area contributed by atoms with Gasteiger partial charge in [-0.2, -0.15) is 11.8 Å². The van der Waals surface area contributed by atoms with Gasteiger partial charge in [0.1, 0.15) is 0 Å². The van der Waals surface area contributed by atoms with Crippen LogP contribution >= 0.6 is 11.8 Å². The average molecular weight is 379 g/mol. The van der Waals surface area contributed by atoms with Crippen LogP contribution in [-0.4, -0.2) is 39.6 Å². The quantitative estimate of drug-likeness (QED) is 0.326. The fourth-order valence-corrected chi connectivity index (χ4v) is 12.2. The van der Waals surface area contributed by atoms with Gasteiger partial charge in [0.2, 0.25) is 0 Å². The number of hydrogen-bond donors (Lipinski definition) is 0. The lowest BCUT2D eigenvalue weighted by Crippen LogP contribution is -2.49. The molecule has 0 rings (SSSR count). The molecule has 5 heteroatoms. The van der Waals surface area contributed by atoms with Crippen molar-refractivity contribution >= 4 is 28.4 Å². The topological polar surface area (TPSA) is 18.5 Å². The highest BCUT2D eigenvalue weighted by Crippen LogP contribution is 2.37. The highest BCUT2D eigenvalue weighted by Gasteiger charge is 2.40. The summed E-state index contributed by atoms with van der Waals surface area (Å²) in [6.07, 6.45) is 7.80. The lowest BCUT2D eigenvalue weighted by molar-refractivity contribution is 0.324. The summed E-state index contributed by atoms with van der Waals surface area (Å²) in [7, 11) is -3.29. The van der Waals surface area contributed by atoms with Gasteiger partial charge in [-0.1, -0.05) is 39.5 Å². The molecule has 2 nitrogen and oxygen atoms in total. The van der Waals surface area contributed by atoms with Crippen molar-refractivity contribution in [3.05, 3.63) is 0 Å². The molecular weight excluding hydrogens is 336 g/mol. The van der Waals surface area contributed by atoms with Crippen molar-refractivity contribution in [3.8, 4) is 0 Å². The smallest absolute Gasteiger partial charge is 0.199 e. The summed E-state index contributed by atoms with van der Waals surface area (Å²) in [4.78, 5) is 1.38. The molecule has 0 radical (unpaired) electrons. The van der Waals surface area contributed by atoms with Gasteiger partial charge in [0.15, 0.2) is 16.6 Å². The Balaban J connectivity index is 5.15. The van der Waals surface area contributed by atoms with Crippen LogP contribution in [0.3, 0.4) is 0 Å². The summed E-state index contributed by atoms with van der Waals surface area (Å²) < 4.78 is 12.5. The van der Waals surface area contributed by atoms with E-state index in [-0.39, 0.29) is 0 Å². The second-order valence-electron chi connectivity index (χ2n) is 7.47. The van der Waals surface area contributed by atoms with Crippen molar-refractivity contribution in [1.29, 1.82) is 0 Å². The molecule has 140 valence electrons. The predicted molar refractivity (Wildman–Crippen MR) is 112 cm³/mol. The normalized spacial score (nSPS) is 15.7. The van der Waals surface area contributed by atoms with Crippen LogP contribution in [0.25, 0.3) is 0 Å². The zero-order valence-corrected chi connectivity index (χ0v) is 19.9. The SMILES string of the molecule is CCCCC(SC(CCCC)[Si](C)(C)OCC)[Si](C)(C)OCC.